The second kappa shape index (κ2) is 5.80. The van der Waals surface area contributed by atoms with E-state index >= 15 is 0 Å². The number of nitrogens with two attached hydrogens (primary N) is 1. The fraction of sp³-hybridized carbons (Fsp3) is 0.600. The van der Waals surface area contributed by atoms with Crippen LogP contribution in [0, 0.1) is 0 Å². The molecule has 4 heteroatoms. The van der Waals surface area contributed by atoms with E-state index in [1.54, 1.807) is 7.11 Å². The van der Waals surface area contributed by atoms with E-state index in [2.05, 4.69) is 24.8 Å². The summed E-state index contributed by atoms with van der Waals surface area (Å²) >= 11 is 0. The largest absolute Gasteiger partial charge is 0.496 e. The molecule has 1 heterocycles. The molecule has 19 heavy (non-hydrogen) atoms. The van der Waals surface area contributed by atoms with Crippen LogP contribution >= 0.6 is 0 Å². The summed E-state index contributed by atoms with van der Waals surface area (Å²) in [4.78, 5) is 2.35. The Morgan fingerprint density at radius 3 is 2.47 bits per heavy atom. The van der Waals surface area contributed by atoms with Crippen LogP contribution in [0.3, 0.4) is 0 Å². The molecule has 1 saturated heterocycles. The minimum absolute atomic E-state index is 0.0559. The van der Waals surface area contributed by atoms with Crippen molar-refractivity contribution in [3.8, 4) is 5.75 Å². The van der Waals surface area contributed by atoms with Gasteiger partial charge in [-0.2, -0.15) is 0 Å². The van der Waals surface area contributed by atoms with Gasteiger partial charge < -0.3 is 20.1 Å². The van der Waals surface area contributed by atoms with Crippen molar-refractivity contribution in [2.45, 2.75) is 39.0 Å². The van der Waals surface area contributed by atoms with Crippen LogP contribution in [0.2, 0.25) is 0 Å². The molecule has 1 aliphatic rings. The van der Waals surface area contributed by atoms with Crippen molar-refractivity contribution in [1.82, 2.24) is 0 Å². The molecule has 0 unspecified atom stereocenters. The first-order chi connectivity index (χ1) is 9.02. The molecule has 2 rings (SSSR count). The average Bonchev–Trinajstić information content (AvgIpc) is 2.36. The summed E-state index contributed by atoms with van der Waals surface area (Å²) < 4.78 is 11.2. The lowest BCUT2D eigenvalue weighted by Gasteiger charge is -2.38. The molecule has 0 amide bonds. The van der Waals surface area contributed by atoms with Crippen molar-refractivity contribution in [3.63, 3.8) is 0 Å². The molecule has 0 bridgehead atoms. The van der Waals surface area contributed by atoms with E-state index in [0.717, 1.165) is 30.1 Å². The summed E-state index contributed by atoms with van der Waals surface area (Å²) in [7, 11) is 1.69. The second-order valence-corrected chi connectivity index (χ2v) is 5.34. The molecule has 3 atom stereocenters. The van der Waals surface area contributed by atoms with E-state index in [0.29, 0.717) is 0 Å². The SMILES string of the molecule is COc1cccc(N2C[C@@H](C)O[C@@H](C)C2)c1[C@H](C)N. The fourth-order valence-corrected chi connectivity index (χ4v) is 2.82. The Balaban J connectivity index is 2.38. The zero-order valence-corrected chi connectivity index (χ0v) is 12.2. The van der Waals surface area contributed by atoms with Gasteiger partial charge in [-0.15, -0.1) is 0 Å². The maximum absolute atomic E-state index is 6.13. The maximum Gasteiger partial charge on any atom is 0.125 e. The normalized spacial score (nSPS) is 25.2. The van der Waals surface area contributed by atoms with Crippen LogP contribution in [0.1, 0.15) is 32.4 Å². The topological polar surface area (TPSA) is 47.7 Å². The van der Waals surface area contributed by atoms with Gasteiger partial charge in [-0.25, -0.2) is 0 Å². The molecule has 0 spiro atoms. The number of nitrogens with zero attached hydrogens (tertiary/aromatic N) is 1. The number of ether oxygens (including phenoxy) is 2. The molecule has 1 fully saturated rings. The van der Waals surface area contributed by atoms with Gasteiger partial charge in [-0.3, -0.25) is 0 Å². The predicted molar refractivity (Wildman–Crippen MR) is 77.8 cm³/mol. The molecule has 4 nitrogen and oxygen atoms in total. The molecular weight excluding hydrogens is 240 g/mol. The fourth-order valence-electron chi connectivity index (χ4n) is 2.82. The number of morpholine rings is 1. The van der Waals surface area contributed by atoms with Crippen LogP contribution in [-0.2, 0) is 4.74 Å². The molecule has 0 saturated carbocycles. The van der Waals surface area contributed by atoms with Crippen LogP contribution in [0.15, 0.2) is 18.2 Å². The molecule has 2 N–H and O–H groups in total. The highest BCUT2D eigenvalue weighted by Gasteiger charge is 2.25. The summed E-state index contributed by atoms with van der Waals surface area (Å²) in [5.41, 5.74) is 8.37. The van der Waals surface area contributed by atoms with E-state index in [9.17, 15) is 0 Å². The summed E-state index contributed by atoms with van der Waals surface area (Å²) in [6.45, 7) is 7.98. The first-order valence-corrected chi connectivity index (χ1v) is 6.85. The molecule has 1 aromatic rings. The first-order valence-electron chi connectivity index (χ1n) is 6.85. The second-order valence-electron chi connectivity index (χ2n) is 5.34. The zero-order valence-electron chi connectivity index (χ0n) is 12.2. The number of benzene rings is 1. The lowest BCUT2D eigenvalue weighted by Crippen LogP contribution is -2.46. The van der Waals surface area contributed by atoms with Gasteiger partial charge in [0.1, 0.15) is 5.75 Å². The predicted octanol–water partition coefficient (Wildman–Crippen LogP) is 2.33. The van der Waals surface area contributed by atoms with E-state index in [4.69, 9.17) is 15.2 Å². The van der Waals surface area contributed by atoms with Gasteiger partial charge in [0.05, 0.1) is 19.3 Å². The Kier molecular flexibility index (Phi) is 4.32. The van der Waals surface area contributed by atoms with Crippen LogP contribution in [0.5, 0.6) is 5.75 Å². The molecule has 0 aromatic heterocycles. The van der Waals surface area contributed by atoms with Gasteiger partial charge in [0.15, 0.2) is 0 Å². The third-order valence-electron chi connectivity index (χ3n) is 3.48. The highest BCUT2D eigenvalue weighted by Crippen LogP contribution is 2.34. The number of rotatable bonds is 3. The van der Waals surface area contributed by atoms with Gasteiger partial charge in [-0.1, -0.05) is 6.07 Å². The maximum atomic E-state index is 6.13. The van der Waals surface area contributed by atoms with Crippen LogP contribution in [0.25, 0.3) is 0 Å². The number of anilines is 1. The average molecular weight is 264 g/mol. The van der Waals surface area contributed by atoms with Crippen LogP contribution in [-0.4, -0.2) is 32.4 Å². The Labute approximate surface area is 115 Å². The van der Waals surface area contributed by atoms with Crippen LogP contribution in [0.4, 0.5) is 5.69 Å². The zero-order chi connectivity index (χ0) is 14.0. The molecule has 0 aliphatic carbocycles. The molecule has 1 aromatic carbocycles. The lowest BCUT2D eigenvalue weighted by molar-refractivity contribution is -0.00529. The van der Waals surface area contributed by atoms with E-state index in [-0.39, 0.29) is 18.2 Å². The highest BCUT2D eigenvalue weighted by molar-refractivity contribution is 5.61. The van der Waals surface area contributed by atoms with Gasteiger partial charge in [0.2, 0.25) is 0 Å². The Bertz CT molecular complexity index is 424. The van der Waals surface area contributed by atoms with Gasteiger partial charge >= 0.3 is 0 Å². The van der Waals surface area contributed by atoms with Gasteiger partial charge in [0, 0.05) is 30.4 Å². The van der Waals surface area contributed by atoms with Crippen molar-refractivity contribution < 1.29 is 9.47 Å². The Morgan fingerprint density at radius 1 is 1.32 bits per heavy atom. The minimum Gasteiger partial charge on any atom is -0.496 e. The number of hydrogen-bond donors (Lipinski definition) is 1. The van der Waals surface area contributed by atoms with E-state index < -0.39 is 0 Å². The quantitative estimate of drug-likeness (QED) is 0.910. The van der Waals surface area contributed by atoms with Crippen molar-refractivity contribution >= 4 is 5.69 Å². The molecule has 106 valence electrons. The Hall–Kier alpha value is -1.26. The monoisotopic (exact) mass is 264 g/mol. The third kappa shape index (κ3) is 3.01. The molecule has 1 aliphatic heterocycles. The summed E-state index contributed by atoms with van der Waals surface area (Å²) in [5, 5.41) is 0. The van der Waals surface area contributed by atoms with Crippen molar-refractivity contribution in [2.24, 2.45) is 5.73 Å². The number of hydrogen-bond acceptors (Lipinski definition) is 4. The summed E-state index contributed by atoms with van der Waals surface area (Å²) in [5.74, 6) is 0.860. The highest BCUT2D eigenvalue weighted by atomic mass is 16.5. The molecule has 0 radical (unpaired) electrons. The Morgan fingerprint density at radius 2 is 1.95 bits per heavy atom. The molecular formula is C15H24N2O2. The van der Waals surface area contributed by atoms with E-state index in [1.165, 1.54) is 0 Å². The lowest BCUT2D eigenvalue weighted by atomic mass is 10.0. The van der Waals surface area contributed by atoms with E-state index in [1.807, 2.05) is 19.1 Å². The van der Waals surface area contributed by atoms with Crippen molar-refractivity contribution in [3.05, 3.63) is 23.8 Å². The van der Waals surface area contributed by atoms with Crippen molar-refractivity contribution in [2.75, 3.05) is 25.1 Å². The first kappa shape index (κ1) is 14.2. The standard InChI is InChI=1S/C15H24N2O2/c1-10-8-17(9-11(2)19-10)13-6-5-7-14(18-4)15(13)12(3)16/h5-7,10-12H,8-9,16H2,1-4H3/t10-,11+,12-/m0/s1. The number of methoxy groups -OCH3 is 1. The third-order valence-corrected chi connectivity index (χ3v) is 3.48. The summed E-state index contributed by atoms with van der Waals surface area (Å²) in [6, 6.07) is 6.05. The summed E-state index contributed by atoms with van der Waals surface area (Å²) in [6.07, 6.45) is 0.465. The minimum atomic E-state index is -0.0559. The van der Waals surface area contributed by atoms with Crippen LogP contribution < -0.4 is 15.4 Å². The van der Waals surface area contributed by atoms with Gasteiger partial charge in [0.25, 0.3) is 0 Å². The smallest absolute Gasteiger partial charge is 0.125 e. The van der Waals surface area contributed by atoms with Gasteiger partial charge in [-0.05, 0) is 32.9 Å². The van der Waals surface area contributed by atoms with Crippen molar-refractivity contribution in [1.29, 1.82) is 0 Å².